The number of anilines is 1. The van der Waals surface area contributed by atoms with Crippen molar-refractivity contribution in [3.63, 3.8) is 0 Å². The van der Waals surface area contributed by atoms with Gasteiger partial charge < -0.3 is 10.2 Å². The summed E-state index contributed by atoms with van der Waals surface area (Å²) < 4.78 is 0. The van der Waals surface area contributed by atoms with Crippen LogP contribution in [0.3, 0.4) is 0 Å². The minimum absolute atomic E-state index is 0.661. The Morgan fingerprint density at radius 2 is 2.07 bits per heavy atom. The molecule has 1 saturated heterocycles. The Morgan fingerprint density at radius 3 is 2.73 bits per heavy atom. The fourth-order valence-corrected chi connectivity index (χ4v) is 2.76. The molecule has 0 aliphatic carbocycles. The number of aromatic nitrogens is 2. The van der Waals surface area contributed by atoms with Crippen LogP contribution in [0.25, 0.3) is 0 Å². The Labute approximate surface area is 94.7 Å². The molecule has 1 fully saturated rings. The van der Waals surface area contributed by atoms with E-state index in [4.69, 9.17) is 0 Å². The Kier molecular flexibility index (Phi) is 3.53. The standard InChI is InChI=1S/C10H18N4S/c1-8(2)7-9-12-13-10(15-9)14-5-3-11-4-6-14/h8,11H,3-7H2,1-2H3. The molecule has 0 spiro atoms. The van der Waals surface area contributed by atoms with Gasteiger partial charge in [-0.3, -0.25) is 0 Å². The number of hydrogen-bond acceptors (Lipinski definition) is 5. The van der Waals surface area contributed by atoms with E-state index in [1.165, 1.54) is 5.01 Å². The fourth-order valence-electron chi connectivity index (χ4n) is 1.66. The van der Waals surface area contributed by atoms with Gasteiger partial charge in [0.15, 0.2) is 0 Å². The van der Waals surface area contributed by atoms with Crippen molar-refractivity contribution in [2.75, 3.05) is 31.1 Å². The van der Waals surface area contributed by atoms with E-state index in [9.17, 15) is 0 Å². The third-order valence-corrected chi connectivity index (χ3v) is 3.43. The lowest BCUT2D eigenvalue weighted by Gasteiger charge is -2.26. The first-order valence-corrected chi connectivity index (χ1v) is 6.35. The summed E-state index contributed by atoms with van der Waals surface area (Å²) in [6, 6.07) is 0. The van der Waals surface area contributed by atoms with Gasteiger partial charge in [-0.1, -0.05) is 25.2 Å². The molecule has 0 aromatic carbocycles. The molecule has 1 aliphatic heterocycles. The summed E-state index contributed by atoms with van der Waals surface area (Å²) in [5, 5.41) is 14.1. The molecule has 4 nitrogen and oxygen atoms in total. The van der Waals surface area contributed by atoms with Crippen molar-refractivity contribution in [3.8, 4) is 0 Å². The molecule has 0 atom stereocenters. The van der Waals surface area contributed by atoms with Crippen molar-refractivity contribution in [3.05, 3.63) is 5.01 Å². The average Bonchev–Trinajstić information content (AvgIpc) is 2.67. The monoisotopic (exact) mass is 226 g/mol. The van der Waals surface area contributed by atoms with Gasteiger partial charge in [-0.15, -0.1) is 10.2 Å². The summed E-state index contributed by atoms with van der Waals surface area (Å²) in [4.78, 5) is 2.32. The maximum atomic E-state index is 4.26. The molecule has 0 bridgehead atoms. The summed E-state index contributed by atoms with van der Waals surface area (Å²) in [5.41, 5.74) is 0. The Bertz CT molecular complexity index is 304. The van der Waals surface area contributed by atoms with Crippen LogP contribution in [-0.4, -0.2) is 36.4 Å². The van der Waals surface area contributed by atoms with Crippen molar-refractivity contribution >= 4 is 16.5 Å². The van der Waals surface area contributed by atoms with Gasteiger partial charge >= 0.3 is 0 Å². The molecule has 1 aromatic heterocycles. The predicted octanol–water partition coefficient (Wildman–Crippen LogP) is 1.15. The van der Waals surface area contributed by atoms with Gasteiger partial charge in [-0.05, 0) is 5.92 Å². The second-order valence-electron chi connectivity index (χ2n) is 4.31. The molecule has 1 aliphatic rings. The Balaban J connectivity index is 1.99. The smallest absolute Gasteiger partial charge is 0.208 e. The molecule has 2 heterocycles. The highest BCUT2D eigenvalue weighted by molar-refractivity contribution is 7.15. The molecule has 1 N–H and O–H groups in total. The molecule has 0 radical (unpaired) electrons. The van der Waals surface area contributed by atoms with E-state index >= 15 is 0 Å². The van der Waals surface area contributed by atoms with Crippen molar-refractivity contribution < 1.29 is 0 Å². The molecule has 5 heteroatoms. The SMILES string of the molecule is CC(C)Cc1nnc(N2CCNCC2)s1. The van der Waals surface area contributed by atoms with Gasteiger partial charge in [0.2, 0.25) is 5.13 Å². The van der Waals surface area contributed by atoms with Crippen molar-refractivity contribution in [2.24, 2.45) is 5.92 Å². The molecular weight excluding hydrogens is 208 g/mol. The first-order valence-electron chi connectivity index (χ1n) is 5.54. The van der Waals surface area contributed by atoms with Crippen LogP contribution in [0, 0.1) is 5.92 Å². The molecule has 84 valence electrons. The first-order chi connectivity index (χ1) is 7.25. The van der Waals surface area contributed by atoms with Crippen molar-refractivity contribution in [1.29, 1.82) is 0 Å². The zero-order chi connectivity index (χ0) is 10.7. The highest BCUT2D eigenvalue weighted by atomic mass is 32.1. The molecule has 0 amide bonds. The van der Waals surface area contributed by atoms with E-state index in [0.29, 0.717) is 5.92 Å². The third-order valence-electron chi connectivity index (χ3n) is 2.43. The molecule has 1 aromatic rings. The summed E-state index contributed by atoms with van der Waals surface area (Å²) in [7, 11) is 0. The third kappa shape index (κ3) is 2.89. The van der Waals surface area contributed by atoms with Gasteiger partial charge in [-0.2, -0.15) is 0 Å². The highest BCUT2D eigenvalue weighted by Crippen LogP contribution is 2.22. The number of piperazine rings is 1. The minimum Gasteiger partial charge on any atom is -0.344 e. The Hall–Kier alpha value is -0.680. The molecule has 0 unspecified atom stereocenters. The first kappa shape index (κ1) is 10.8. The zero-order valence-corrected chi connectivity index (χ0v) is 10.2. The molecule has 0 saturated carbocycles. The van der Waals surface area contributed by atoms with E-state index in [0.717, 1.165) is 37.7 Å². The van der Waals surface area contributed by atoms with E-state index in [1.54, 1.807) is 11.3 Å². The van der Waals surface area contributed by atoms with Crippen molar-refractivity contribution in [2.45, 2.75) is 20.3 Å². The molecule has 15 heavy (non-hydrogen) atoms. The van der Waals surface area contributed by atoms with Gasteiger partial charge in [0.25, 0.3) is 0 Å². The molecule has 2 rings (SSSR count). The number of hydrogen-bond donors (Lipinski definition) is 1. The van der Waals surface area contributed by atoms with E-state index < -0.39 is 0 Å². The lowest BCUT2D eigenvalue weighted by atomic mass is 10.1. The lowest BCUT2D eigenvalue weighted by molar-refractivity contribution is 0.586. The number of nitrogens with one attached hydrogen (secondary N) is 1. The Morgan fingerprint density at radius 1 is 1.33 bits per heavy atom. The van der Waals surface area contributed by atoms with Gasteiger partial charge in [-0.25, -0.2) is 0 Å². The van der Waals surface area contributed by atoms with Crippen LogP contribution >= 0.6 is 11.3 Å². The van der Waals surface area contributed by atoms with E-state index in [2.05, 4.69) is 34.3 Å². The van der Waals surface area contributed by atoms with Crippen LogP contribution in [-0.2, 0) is 6.42 Å². The van der Waals surface area contributed by atoms with Crippen LogP contribution in [0.1, 0.15) is 18.9 Å². The maximum Gasteiger partial charge on any atom is 0.208 e. The lowest BCUT2D eigenvalue weighted by Crippen LogP contribution is -2.43. The minimum atomic E-state index is 0.661. The topological polar surface area (TPSA) is 41.1 Å². The summed E-state index contributed by atoms with van der Waals surface area (Å²) >= 11 is 1.74. The zero-order valence-electron chi connectivity index (χ0n) is 9.36. The second-order valence-corrected chi connectivity index (χ2v) is 5.35. The largest absolute Gasteiger partial charge is 0.344 e. The summed E-state index contributed by atoms with van der Waals surface area (Å²) in [5.74, 6) is 0.661. The van der Waals surface area contributed by atoms with Gasteiger partial charge in [0.1, 0.15) is 5.01 Å². The van der Waals surface area contributed by atoms with Crippen LogP contribution in [0.4, 0.5) is 5.13 Å². The van der Waals surface area contributed by atoms with E-state index in [-0.39, 0.29) is 0 Å². The number of nitrogens with zero attached hydrogens (tertiary/aromatic N) is 3. The summed E-state index contributed by atoms with van der Waals surface area (Å²) in [6.07, 6.45) is 1.05. The quantitative estimate of drug-likeness (QED) is 0.839. The van der Waals surface area contributed by atoms with Crippen LogP contribution in [0.2, 0.25) is 0 Å². The summed E-state index contributed by atoms with van der Waals surface area (Å²) in [6.45, 7) is 8.64. The second kappa shape index (κ2) is 4.90. The average molecular weight is 226 g/mol. The van der Waals surface area contributed by atoms with E-state index in [1.807, 2.05) is 0 Å². The predicted molar refractivity (Wildman–Crippen MR) is 63.5 cm³/mol. The number of rotatable bonds is 3. The van der Waals surface area contributed by atoms with Crippen LogP contribution < -0.4 is 10.2 Å². The van der Waals surface area contributed by atoms with Gasteiger partial charge in [0.05, 0.1) is 0 Å². The maximum absolute atomic E-state index is 4.26. The van der Waals surface area contributed by atoms with Crippen LogP contribution in [0.15, 0.2) is 0 Å². The van der Waals surface area contributed by atoms with Crippen molar-refractivity contribution in [1.82, 2.24) is 15.5 Å². The van der Waals surface area contributed by atoms with Gasteiger partial charge in [0, 0.05) is 32.6 Å². The highest BCUT2D eigenvalue weighted by Gasteiger charge is 2.15. The fraction of sp³-hybridized carbons (Fsp3) is 0.800. The van der Waals surface area contributed by atoms with Crippen LogP contribution in [0.5, 0.6) is 0 Å². The normalized spacial score (nSPS) is 17.4. The molecular formula is C10H18N4S.